The number of carbonyl (C=O) groups excluding carboxylic acids is 2. The van der Waals surface area contributed by atoms with Gasteiger partial charge >= 0.3 is 5.97 Å². The van der Waals surface area contributed by atoms with Crippen molar-refractivity contribution in [2.24, 2.45) is 11.8 Å². The van der Waals surface area contributed by atoms with Gasteiger partial charge in [0.25, 0.3) is 5.91 Å². The van der Waals surface area contributed by atoms with E-state index in [0.29, 0.717) is 29.2 Å². The van der Waals surface area contributed by atoms with Gasteiger partial charge in [0.05, 0.1) is 0 Å². The fourth-order valence-electron chi connectivity index (χ4n) is 3.53. The third kappa shape index (κ3) is 4.47. The lowest BCUT2D eigenvalue weighted by molar-refractivity contribution is -0.143. The van der Waals surface area contributed by atoms with Crippen LogP contribution in [-0.2, 0) is 15.0 Å². The van der Waals surface area contributed by atoms with Crippen molar-refractivity contribution in [1.29, 1.82) is 0 Å². The Balaban J connectivity index is 1.71. The highest BCUT2D eigenvalue weighted by molar-refractivity contribution is 5.98. The molecule has 6 nitrogen and oxygen atoms in total. The number of benzene rings is 2. The van der Waals surface area contributed by atoms with E-state index in [1.807, 2.05) is 13.0 Å². The number of carboxylic acid groups (broad SMARTS) is 1. The Morgan fingerprint density at radius 3 is 2.38 bits per heavy atom. The first-order valence-electron chi connectivity index (χ1n) is 9.85. The Kier molecular flexibility index (Phi) is 6.01. The molecule has 0 aliphatic heterocycles. The highest BCUT2D eigenvalue weighted by Crippen LogP contribution is 2.38. The van der Waals surface area contributed by atoms with Crippen molar-refractivity contribution in [3.8, 4) is 0 Å². The molecule has 0 saturated heterocycles. The lowest BCUT2D eigenvalue weighted by Crippen LogP contribution is -2.46. The largest absolute Gasteiger partial charge is 0.481 e. The van der Waals surface area contributed by atoms with Gasteiger partial charge in [-0.2, -0.15) is 0 Å². The molecular formula is C23H26N2O4. The van der Waals surface area contributed by atoms with Gasteiger partial charge in [0.1, 0.15) is 5.41 Å². The standard InChI is InChI=1S/C23H26N2O4/c1-3-23(22(28)29,17-9-5-4-6-10-17)14-24-20(26)16-8-7-11-18(13-16)25-21(27)19-12-15(19)2/h4-11,13,15,19H,3,12,14H2,1-2H3,(H,24,26)(H,25,27)(H,28,29). The van der Waals surface area contributed by atoms with Crippen LogP contribution in [0.4, 0.5) is 5.69 Å². The average Bonchev–Trinajstić information content (AvgIpc) is 3.46. The lowest BCUT2D eigenvalue weighted by Gasteiger charge is -2.29. The van der Waals surface area contributed by atoms with Crippen molar-refractivity contribution in [2.45, 2.75) is 32.1 Å². The minimum absolute atomic E-state index is 0.0299. The van der Waals surface area contributed by atoms with Gasteiger partial charge in [-0.3, -0.25) is 14.4 Å². The number of nitrogens with one attached hydrogen (secondary N) is 2. The normalized spacial score (nSPS) is 19.7. The maximum atomic E-state index is 12.7. The fraction of sp³-hybridized carbons (Fsp3) is 0.348. The molecule has 1 saturated carbocycles. The van der Waals surface area contributed by atoms with Crippen LogP contribution in [0.5, 0.6) is 0 Å². The van der Waals surface area contributed by atoms with Crippen LogP contribution >= 0.6 is 0 Å². The Bertz CT molecular complexity index is 912. The number of amides is 2. The second-order valence-electron chi connectivity index (χ2n) is 7.68. The van der Waals surface area contributed by atoms with E-state index in [2.05, 4.69) is 10.6 Å². The molecule has 0 bridgehead atoms. The lowest BCUT2D eigenvalue weighted by atomic mass is 9.78. The fourth-order valence-corrected chi connectivity index (χ4v) is 3.53. The predicted octanol–water partition coefficient (Wildman–Crippen LogP) is 3.44. The SMILES string of the molecule is CCC(CNC(=O)c1cccc(NC(=O)C2CC2C)c1)(C(=O)O)c1ccccc1. The van der Waals surface area contributed by atoms with Gasteiger partial charge in [0.2, 0.25) is 5.91 Å². The molecule has 0 heterocycles. The van der Waals surface area contributed by atoms with E-state index in [9.17, 15) is 19.5 Å². The first-order valence-corrected chi connectivity index (χ1v) is 9.85. The molecular weight excluding hydrogens is 368 g/mol. The molecule has 29 heavy (non-hydrogen) atoms. The number of carboxylic acids is 1. The predicted molar refractivity (Wildman–Crippen MR) is 111 cm³/mol. The van der Waals surface area contributed by atoms with Crippen molar-refractivity contribution in [2.75, 3.05) is 11.9 Å². The first-order chi connectivity index (χ1) is 13.9. The first kappa shape index (κ1) is 20.6. The zero-order chi connectivity index (χ0) is 21.0. The summed E-state index contributed by atoms with van der Waals surface area (Å²) in [5.74, 6) is -0.950. The second kappa shape index (κ2) is 8.47. The maximum Gasteiger partial charge on any atom is 0.315 e. The van der Waals surface area contributed by atoms with Gasteiger partial charge < -0.3 is 15.7 Å². The van der Waals surface area contributed by atoms with Gasteiger partial charge in [-0.25, -0.2) is 0 Å². The van der Waals surface area contributed by atoms with Gasteiger partial charge in [-0.1, -0.05) is 50.2 Å². The molecule has 1 aliphatic carbocycles. The van der Waals surface area contributed by atoms with Crippen LogP contribution in [0.1, 0.15) is 42.6 Å². The summed E-state index contributed by atoms with van der Waals surface area (Å²) in [6.07, 6.45) is 1.22. The van der Waals surface area contributed by atoms with Crippen LogP contribution in [-0.4, -0.2) is 29.4 Å². The van der Waals surface area contributed by atoms with Gasteiger partial charge in [0, 0.05) is 23.7 Å². The minimum atomic E-state index is -1.20. The molecule has 3 N–H and O–H groups in total. The van der Waals surface area contributed by atoms with Gasteiger partial charge in [-0.05, 0) is 42.5 Å². The summed E-state index contributed by atoms with van der Waals surface area (Å²) in [5.41, 5.74) is 0.375. The van der Waals surface area contributed by atoms with Crippen molar-refractivity contribution in [3.63, 3.8) is 0 Å². The summed E-state index contributed by atoms with van der Waals surface area (Å²) >= 11 is 0. The van der Waals surface area contributed by atoms with Crippen molar-refractivity contribution < 1.29 is 19.5 Å². The van der Waals surface area contributed by atoms with Crippen LogP contribution in [0.3, 0.4) is 0 Å². The Morgan fingerprint density at radius 1 is 1.10 bits per heavy atom. The summed E-state index contributed by atoms with van der Waals surface area (Å²) in [4.78, 5) is 36.9. The Morgan fingerprint density at radius 2 is 1.79 bits per heavy atom. The van der Waals surface area contributed by atoms with Gasteiger partial charge in [0.15, 0.2) is 0 Å². The maximum absolute atomic E-state index is 12.7. The number of hydrogen-bond donors (Lipinski definition) is 3. The summed E-state index contributed by atoms with van der Waals surface area (Å²) in [5, 5.41) is 15.5. The number of carbonyl (C=O) groups is 3. The molecule has 3 atom stereocenters. The molecule has 152 valence electrons. The molecule has 1 fully saturated rings. The molecule has 0 radical (unpaired) electrons. The molecule has 2 aromatic rings. The number of rotatable bonds is 8. The van der Waals surface area contributed by atoms with E-state index in [4.69, 9.17) is 0 Å². The van der Waals surface area contributed by atoms with E-state index >= 15 is 0 Å². The molecule has 0 spiro atoms. The molecule has 3 rings (SSSR count). The number of anilines is 1. The van der Waals surface area contributed by atoms with E-state index in [-0.39, 0.29) is 24.3 Å². The molecule has 2 amide bonds. The molecule has 3 unspecified atom stereocenters. The molecule has 0 aromatic heterocycles. The quantitative estimate of drug-likeness (QED) is 0.639. The highest BCUT2D eigenvalue weighted by atomic mass is 16.4. The molecule has 1 aliphatic rings. The van der Waals surface area contributed by atoms with Crippen LogP contribution in [0, 0.1) is 11.8 Å². The molecule has 6 heteroatoms. The average molecular weight is 394 g/mol. The zero-order valence-corrected chi connectivity index (χ0v) is 16.6. The van der Waals surface area contributed by atoms with Crippen LogP contribution < -0.4 is 10.6 Å². The Labute approximate surface area is 170 Å². The smallest absolute Gasteiger partial charge is 0.315 e. The van der Waals surface area contributed by atoms with Gasteiger partial charge in [-0.15, -0.1) is 0 Å². The van der Waals surface area contributed by atoms with Crippen molar-refractivity contribution in [3.05, 3.63) is 65.7 Å². The Hall–Kier alpha value is -3.15. The van der Waals surface area contributed by atoms with Crippen LogP contribution in [0.15, 0.2) is 54.6 Å². The van der Waals surface area contributed by atoms with Crippen molar-refractivity contribution >= 4 is 23.5 Å². The van der Waals surface area contributed by atoms with E-state index in [1.54, 1.807) is 55.5 Å². The zero-order valence-electron chi connectivity index (χ0n) is 16.6. The van der Waals surface area contributed by atoms with E-state index in [0.717, 1.165) is 6.42 Å². The number of hydrogen-bond acceptors (Lipinski definition) is 3. The summed E-state index contributed by atoms with van der Waals surface area (Å²) in [6.45, 7) is 3.80. The van der Waals surface area contributed by atoms with Crippen LogP contribution in [0.25, 0.3) is 0 Å². The molecule has 2 aromatic carbocycles. The number of aliphatic carboxylic acids is 1. The highest BCUT2D eigenvalue weighted by Gasteiger charge is 2.40. The topological polar surface area (TPSA) is 95.5 Å². The third-order valence-corrected chi connectivity index (χ3v) is 5.73. The van der Waals surface area contributed by atoms with Crippen molar-refractivity contribution in [1.82, 2.24) is 5.32 Å². The summed E-state index contributed by atoms with van der Waals surface area (Å²) in [7, 11) is 0. The van der Waals surface area contributed by atoms with E-state index in [1.165, 1.54) is 0 Å². The van der Waals surface area contributed by atoms with E-state index < -0.39 is 11.4 Å². The second-order valence-corrected chi connectivity index (χ2v) is 7.68. The summed E-state index contributed by atoms with van der Waals surface area (Å²) < 4.78 is 0. The monoisotopic (exact) mass is 394 g/mol. The summed E-state index contributed by atoms with van der Waals surface area (Å²) in [6, 6.07) is 15.6. The third-order valence-electron chi connectivity index (χ3n) is 5.73. The van der Waals surface area contributed by atoms with Crippen LogP contribution in [0.2, 0.25) is 0 Å². The minimum Gasteiger partial charge on any atom is -0.481 e.